The van der Waals surface area contributed by atoms with Crippen molar-refractivity contribution in [1.82, 2.24) is 15.0 Å². The Hall–Kier alpha value is -2.76. The van der Waals surface area contributed by atoms with Gasteiger partial charge in [-0.3, -0.25) is 0 Å². The molecule has 27 heavy (non-hydrogen) atoms. The number of ether oxygens (including phenoxy) is 2. The van der Waals surface area contributed by atoms with Crippen LogP contribution in [-0.2, 0) is 0 Å². The summed E-state index contributed by atoms with van der Waals surface area (Å²) in [7, 11) is 0. The van der Waals surface area contributed by atoms with Crippen molar-refractivity contribution in [3.8, 4) is 22.9 Å². The number of unbranched alkanes of at least 4 members (excludes halogenated alkanes) is 3. The number of benzene rings is 2. The maximum Gasteiger partial charge on any atom is 0.146 e. The van der Waals surface area contributed by atoms with Crippen LogP contribution in [0.1, 0.15) is 46.0 Å². The molecule has 144 valence electrons. The molecule has 6 heteroatoms. The molecule has 6 nitrogen and oxygen atoms in total. The molecule has 1 heterocycles. The Bertz CT molecular complexity index is 876. The minimum Gasteiger partial charge on any atom is -0.505 e. The van der Waals surface area contributed by atoms with E-state index >= 15 is 0 Å². The van der Waals surface area contributed by atoms with Gasteiger partial charge in [0.1, 0.15) is 34.0 Å². The summed E-state index contributed by atoms with van der Waals surface area (Å²) >= 11 is 0. The average Bonchev–Trinajstić information content (AvgIpc) is 3.08. The van der Waals surface area contributed by atoms with Gasteiger partial charge in [-0.2, -0.15) is 0 Å². The molecule has 0 bridgehead atoms. The normalized spacial score (nSPS) is 11.0. The SMILES string of the molecule is CCCCCOc1ccc(-n2nc3ccc(OCCCC)cc3n2)c(O)c1. The van der Waals surface area contributed by atoms with Crippen LogP contribution in [-0.4, -0.2) is 33.3 Å². The van der Waals surface area contributed by atoms with Gasteiger partial charge >= 0.3 is 0 Å². The van der Waals surface area contributed by atoms with E-state index < -0.39 is 0 Å². The number of aromatic hydroxyl groups is 1. The molecule has 0 saturated heterocycles. The van der Waals surface area contributed by atoms with Crippen LogP contribution in [0.5, 0.6) is 17.2 Å². The van der Waals surface area contributed by atoms with Crippen LogP contribution < -0.4 is 9.47 Å². The average molecular weight is 369 g/mol. The Morgan fingerprint density at radius 1 is 0.815 bits per heavy atom. The molecule has 0 fully saturated rings. The van der Waals surface area contributed by atoms with Gasteiger partial charge < -0.3 is 14.6 Å². The largest absolute Gasteiger partial charge is 0.505 e. The Balaban J connectivity index is 1.74. The van der Waals surface area contributed by atoms with E-state index in [1.165, 1.54) is 4.80 Å². The molecule has 3 rings (SSSR count). The van der Waals surface area contributed by atoms with Crippen molar-refractivity contribution in [3.05, 3.63) is 36.4 Å². The fraction of sp³-hybridized carbons (Fsp3) is 0.429. The molecule has 0 spiro atoms. The Morgan fingerprint density at radius 3 is 2.22 bits per heavy atom. The van der Waals surface area contributed by atoms with E-state index in [4.69, 9.17) is 9.47 Å². The lowest BCUT2D eigenvalue weighted by Gasteiger charge is -2.08. The second-order valence-electron chi connectivity index (χ2n) is 6.55. The van der Waals surface area contributed by atoms with Crippen molar-refractivity contribution in [2.45, 2.75) is 46.0 Å². The zero-order chi connectivity index (χ0) is 19.1. The smallest absolute Gasteiger partial charge is 0.146 e. The lowest BCUT2D eigenvalue weighted by atomic mass is 10.2. The number of nitrogens with zero attached hydrogens (tertiary/aromatic N) is 3. The van der Waals surface area contributed by atoms with Crippen molar-refractivity contribution in [3.63, 3.8) is 0 Å². The lowest BCUT2D eigenvalue weighted by Crippen LogP contribution is -2.01. The van der Waals surface area contributed by atoms with Crippen LogP contribution in [0.3, 0.4) is 0 Å². The van der Waals surface area contributed by atoms with Gasteiger partial charge in [-0.15, -0.1) is 15.0 Å². The van der Waals surface area contributed by atoms with Crippen molar-refractivity contribution >= 4 is 11.0 Å². The number of phenolic OH excluding ortho intramolecular Hbond substituents is 1. The quantitative estimate of drug-likeness (QED) is 0.516. The van der Waals surface area contributed by atoms with E-state index in [2.05, 4.69) is 24.0 Å². The van der Waals surface area contributed by atoms with Crippen molar-refractivity contribution in [2.24, 2.45) is 0 Å². The van der Waals surface area contributed by atoms with Crippen LogP contribution in [0.4, 0.5) is 0 Å². The maximum absolute atomic E-state index is 10.4. The predicted molar refractivity (Wildman–Crippen MR) is 106 cm³/mol. The van der Waals surface area contributed by atoms with E-state index in [9.17, 15) is 5.11 Å². The van der Waals surface area contributed by atoms with Crippen LogP contribution in [0, 0.1) is 0 Å². The molecule has 1 aromatic heterocycles. The standard InChI is InChI=1S/C21H27N3O3/c1-3-5-7-13-27-17-9-11-20(21(25)15-17)24-22-18-10-8-16(14-19(18)23-24)26-12-6-4-2/h8-11,14-15,25H,3-7,12-13H2,1-2H3. The molecule has 2 aromatic carbocycles. The van der Waals surface area contributed by atoms with E-state index in [1.807, 2.05) is 24.3 Å². The van der Waals surface area contributed by atoms with Crippen LogP contribution in [0.2, 0.25) is 0 Å². The zero-order valence-corrected chi connectivity index (χ0v) is 16.0. The first-order valence-corrected chi connectivity index (χ1v) is 9.67. The summed E-state index contributed by atoms with van der Waals surface area (Å²) in [5.74, 6) is 1.52. The van der Waals surface area contributed by atoms with E-state index in [1.54, 1.807) is 12.1 Å². The molecule has 0 amide bonds. The zero-order valence-electron chi connectivity index (χ0n) is 16.0. The lowest BCUT2D eigenvalue weighted by molar-refractivity contribution is 0.304. The fourth-order valence-electron chi connectivity index (χ4n) is 2.73. The van der Waals surface area contributed by atoms with Crippen LogP contribution in [0.15, 0.2) is 36.4 Å². The third-order valence-corrected chi connectivity index (χ3v) is 4.30. The van der Waals surface area contributed by atoms with Gasteiger partial charge in [0.15, 0.2) is 0 Å². The topological polar surface area (TPSA) is 69.4 Å². The molecular weight excluding hydrogens is 342 g/mol. The molecule has 0 radical (unpaired) electrons. The molecule has 0 atom stereocenters. The summed E-state index contributed by atoms with van der Waals surface area (Å²) in [6, 6.07) is 10.8. The summed E-state index contributed by atoms with van der Waals surface area (Å²) in [4.78, 5) is 1.44. The molecular formula is C21H27N3O3. The Labute approximate surface area is 159 Å². The first kappa shape index (κ1) is 19.0. The molecule has 0 aliphatic carbocycles. The number of hydrogen-bond acceptors (Lipinski definition) is 5. The second-order valence-corrected chi connectivity index (χ2v) is 6.55. The summed E-state index contributed by atoms with van der Waals surface area (Å²) < 4.78 is 11.4. The predicted octanol–water partition coefficient (Wildman–Crippen LogP) is 4.87. The third-order valence-electron chi connectivity index (χ3n) is 4.30. The summed E-state index contributed by atoms with van der Waals surface area (Å²) in [6.07, 6.45) is 5.41. The number of phenols is 1. The van der Waals surface area contributed by atoms with Crippen LogP contribution in [0.25, 0.3) is 16.7 Å². The summed E-state index contributed by atoms with van der Waals surface area (Å²) in [5, 5.41) is 19.3. The number of aromatic nitrogens is 3. The second kappa shape index (κ2) is 9.26. The number of rotatable bonds is 10. The molecule has 0 aliphatic heterocycles. The minimum absolute atomic E-state index is 0.0858. The Morgan fingerprint density at radius 2 is 1.48 bits per heavy atom. The number of fused-ring (bicyclic) bond motifs is 1. The van der Waals surface area contributed by atoms with Gasteiger partial charge in [-0.1, -0.05) is 33.1 Å². The number of hydrogen-bond donors (Lipinski definition) is 1. The first-order chi connectivity index (χ1) is 13.2. The van der Waals surface area contributed by atoms with Gasteiger partial charge in [-0.05, 0) is 37.1 Å². The monoisotopic (exact) mass is 369 g/mol. The molecule has 1 N–H and O–H groups in total. The van der Waals surface area contributed by atoms with E-state index in [-0.39, 0.29) is 5.75 Å². The van der Waals surface area contributed by atoms with Gasteiger partial charge in [0.05, 0.1) is 13.2 Å². The van der Waals surface area contributed by atoms with Crippen molar-refractivity contribution in [2.75, 3.05) is 13.2 Å². The molecule has 3 aromatic rings. The first-order valence-electron chi connectivity index (χ1n) is 9.67. The maximum atomic E-state index is 10.4. The van der Waals surface area contributed by atoms with Gasteiger partial charge in [-0.25, -0.2) is 0 Å². The minimum atomic E-state index is 0.0858. The molecule has 0 unspecified atom stereocenters. The highest BCUT2D eigenvalue weighted by Gasteiger charge is 2.11. The summed E-state index contributed by atoms with van der Waals surface area (Å²) in [6.45, 7) is 5.63. The van der Waals surface area contributed by atoms with Gasteiger partial charge in [0.2, 0.25) is 0 Å². The van der Waals surface area contributed by atoms with Crippen molar-refractivity contribution in [1.29, 1.82) is 0 Å². The van der Waals surface area contributed by atoms with E-state index in [0.29, 0.717) is 24.7 Å². The summed E-state index contributed by atoms with van der Waals surface area (Å²) in [5.41, 5.74) is 1.99. The third kappa shape index (κ3) is 4.90. The highest BCUT2D eigenvalue weighted by molar-refractivity contribution is 5.75. The van der Waals surface area contributed by atoms with Gasteiger partial charge in [0.25, 0.3) is 0 Å². The molecule has 0 aliphatic rings. The van der Waals surface area contributed by atoms with E-state index in [0.717, 1.165) is 48.9 Å². The van der Waals surface area contributed by atoms with Crippen LogP contribution >= 0.6 is 0 Å². The Kier molecular flexibility index (Phi) is 6.52. The highest BCUT2D eigenvalue weighted by atomic mass is 16.5. The molecule has 0 saturated carbocycles. The van der Waals surface area contributed by atoms with Gasteiger partial charge in [0, 0.05) is 12.1 Å². The van der Waals surface area contributed by atoms with Crippen molar-refractivity contribution < 1.29 is 14.6 Å². The fourth-order valence-corrected chi connectivity index (χ4v) is 2.73. The highest BCUT2D eigenvalue weighted by Crippen LogP contribution is 2.27.